The van der Waals surface area contributed by atoms with Crippen LogP contribution < -0.4 is 13.9 Å². The lowest BCUT2D eigenvalue weighted by molar-refractivity contribution is -0.208. The molecule has 0 bridgehead atoms. The second kappa shape index (κ2) is 6.74. The zero-order valence-electron chi connectivity index (χ0n) is 13.1. The van der Waals surface area contributed by atoms with Gasteiger partial charge < -0.3 is 13.9 Å². The van der Waals surface area contributed by atoms with Crippen LogP contribution in [0.25, 0.3) is 0 Å². The van der Waals surface area contributed by atoms with Gasteiger partial charge in [0.2, 0.25) is 0 Å². The zero-order chi connectivity index (χ0) is 17.4. The van der Waals surface area contributed by atoms with Crippen LogP contribution in [0.5, 0.6) is 11.5 Å². The minimum absolute atomic E-state index is 0.188. The number of halogens is 2. The zero-order valence-corrected chi connectivity index (χ0v) is 15.6. The molecule has 23 heavy (non-hydrogen) atoms. The Hall–Kier alpha value is -1.19. The van der Waals surface area contributed by atoms with Gasteiger partial charge in [0.05, 0.1) is 0 Å². The van der Waals surface area contributed by atoms with Crippen molar-refractivity contribution in [3.05, 3.63) is 56.6 Å². The van der Waals surface area contributed by atoms with Gasteiger partial charge >= 0.3 is 7.82 Å². The maximum absolute atomic E-state index is 12.2. The molecule has 0 aromatic heterocycles. The molecular weight excluding hydrogens is 358 g/mol. The molecule has 0 amide bonds. The fourth-order valence-corrected chi connectivity index (χ4v) is 3.31. The molecule has 0 saturated carbocycles. The Morgan fingerprint density at radius 3 is 1.48 bits per heavy atom. The Labute approximate surface area is 145 Å². The predicted molar refractivity (Wildman–Crippen MR) is 90.7 cm³/mol. The minimum Gasteiger partial charge on any atom is -0.736 e. The molecule has 0 spiro atoms. The fourth-order valence-electron chi connectivity index (χ4n) is 1.98. The second-order valence-electron chi connectivity index (χ2n) is 5.22. The monoisotopic (exact) mass is 373 g/mol. The molecular formula is C16H16Cl2O4P-. The van der Waals surface area contributed by atoms with E-state index in [1.807, 2.05) is 0 Å². The van der Waals surface area contributed by atoms with E-state index in [0.717, 1.165) is 11.1 Å². The van der Waals surface area contributed by atoms with E-state index in [1.54, 1.807) is 39.8 Å². The van der Waals surface area contributed by atoms with E-state index in [9.17, 15) is 9.46 Å². The van der Waals surface area contributed by atoms with Crippen LogP contribution in [0.1, 0.15) is 22.3 Å². The highest BCUT2D eigenvalue weighted by Gasteiger charge is 2.18. The molecule has 4 nitrogen and oxygen atoms in total. The molecule has 2 aromatic rings. The Morgan fingerprint density at radius 2 is 1.13 bits per heavy atom. The summed E-state index contributed by atoms with van der Waals surface area (Å²) >= 11 is 12.0. The smallest absolute Gasteiger partial charge is 0.372 e. The molecule has 0 unspecified atom stereocenters. The number of benzene rings is 2. The Balaban J connectivity index is 2.29. The standard InChI is InChI=1S/C16H17Cl2O4P/c1-9-11(3)15(7-5-13(9)17)21-23(19,20)22-16-8-6-14(18)10(2)12(16)4/h5-8H,1-4H3,(H,19,20)/p-1. The van der Waals surface area contributed by atoms with Crippen molar-refractivity contribution < 1.29 is 18.5 Å². The van der Waals surface area contributed by atoms with Crippen molar-refractivity contribution >= 4 is 31.0 Å². The third-order valence-electron chi connectivity index (χ3n) is 3.76. The molecule has 0 radical (unpaired) electrons. The average Bonchev–Trinajstić information content (AvgIpc) is 2.48. The van der Waals surface area contributed by atoms with E-state index in [0.29, 0.717) is 21.2 Å². The first-order valence-electron chi connectivity index (χ1n) is 6.84. The van der Waals surface area contributed by atoms with Crippen molar-refractivity contribution in [3.63, 3.8) is 0 Å². The van der Waals surface area contributed by atoms with Crippen LogP contribution in [-0.4, -0.2) is 0 Å². The maximum Gasteiger partial charge on any atom is 0.372 e. The van der Waals surface area contributed by atoms with Gasteiger partial charge in [-0.15, -0.1) is 0 Å². The fraction of sp³-hybridized carbons (Fsp3) is 0.250. The van der Waals surface area contributed by atoms with E-state index >= 15 is 0 Å². The number of phosphoric acid groups is 1. The molecule has 0 aliphatic heterocycles. The normalized spacial score (nSPS) is 11.4. The van der Waals surface area contributed by atoms with Crippen LogP contribution in [0.15, 0.2) is 24.3 Å². The molecule has 2 aromatic carbocycles. The highest BCUT2D eigenvalue weighted by Crippen LogP contribution is 2.44. The Kier molecular flexibility index (Phi) is 5.32. The largest absolute Gasteiger partial charge is 0.736 e. The number of hydrogen-bond acceptors (Lipinski definition) is 4. The number of rotatable bonds is 4. The van der Waals surface area contributed by atoms with Crippen molar-refractivity contribution in [2.45, 2.75) is 27.7 Å². The first-order chi connectivity index (χ1) is 10.6. The summed E-state index contributed by atoms with van der Waals surface area (Å²) in [6.45, 7) is 7.03. The van der Waals surface area contributed by atoms with Gasteiger partial charge in [0.15, 0.2) is 0 Å². The van der Waals surface area contributed by atoms with Gasteiger partial charge in [-0.1, -0.05) is 23.2 Å². The lowest BCUT2D eigenvalue weighted by Gasteiger charge is -2.26. The van der Waals surface area contributed by atoms with Crippen LogP contribution in [-0.2, 0) is 4.57 Å². The molecule has 0 atom stereocenters. The van der Waals surface area contributed by atoms with Crippen molar-refractivity contribution in [3.8, 4) is 11.5 Å². The summed E-state index contributed by atoms with van der Waals surface area (Å²) in [6, 6.07) is 6.16. The van der Waals surface area contributed by atoms with Gasteiger partial charge in [-0.3, -0.25) is 0 Å². The summed E-state index contributed by atoms with van der Waals surface area (Å²) in [6.07, 6.45) is 0. The van der Waals surface area contributed by atoms with Crippen molar-refractivity contribution in [2.75, 3.05) is 0 Å². The third-order valence-corrected chi connectivity index (χ3v) is 5.42. The van der Waals surface area contributed by atoms with E-state index in [-0.39, 0.29) is 11.5 Å². The average molecular weight is 374 g/mol. The molecule has 7 heteroatoms. The second-order valence-corrected chi connectivity index (χ2v) is 7.29. The molecule has 0 aliphatic carbocycles. The molecule has 2 rings (SSSR count). The number of phosphoric ester groups is 1. The predicted octanol–water partition coefficient (Wildman–Crippen LogP) is 5.15. The van der Waals surface area contributed by atoms with E-state index < -0.39 is 7.82 Å². The molecule has 0 N–H and O–H groups in total. The van der Waals surface area contributed by atoms with Gasteiger partial charge in [-0.05, 0) is 74.2 Å². The summed E-state index contributed by atoms with van der Waals surface area (Å²) < 4.78 is 22.4. The van der Waals surface area contributed by atoms with Gasteiger partial charge in [0.25, 0.3) is 0 Å². The molecule has 124 valence electrons. The minimum atomic E-state index is -4.60. The maximum atomic E-state index is 12.2. The highest BCUT2D eigenvalue weighted by molar-refractivity contribution is 7.46. The molecule has 0 saturated heterocycles. The van der Waals surface area contributed by atoms with Crippen LogP contribution in [0.3, 0.4) is 0 Å². The van der Waals surface area contributed by atoms with E-state index in [2.05, 4.69) is 0 Å². The first kappa shape index (κ1) is 18.2. The van der Waals surface area contributed by atoms with Crippen molar-refractivity contribution in [1.29, 1.82) is 0 Å². The molecule has 0 heterocycles. The lowest BCUT2D eigenvalue weighted by atomic mass is 10.1. The number of hydrogen-bond donors (Lipinski definition) is 0. The summed E-state index contributed by atoms with van der Waals surface area (Å²) in [4.78, 5) is 12.2. The summed E-state index contributed by atoms with van der Waals surface area (Å²) in [7, 11) is -4.60. The quantitative estimate of drug-likeness (QED) is 0.695. The Morgan fingerprint density at radius 1 is 0.783 bits per heavy atom. The summed E-state index contributed by atoms with van der Waals surface area (Å²) in [5, 5.41) is 1.08. The molecule has 0 fully saturated rings. The van der Waals surface area contributed by atoms with Gasteiger partial charge in [0.1, 0.15) is 11.5 Å². The van der Waals surface area contributed by atoms with E-state index in [1.165, 1.54) is 12.1 Å². The first-order valence-corrected chi connectivity index (χ1v) is 9.05. The Bertz CT molecular complexity index is 742. The lowest BCUT2D eigenvalue weighted by Crippen LogP contribution is -2.14. The molecule has 0 aliphatic rings. The summed E-state index contributed by atoms with van der Waals surface area (Å²) in [5.74, 6) is 0.377. The van der Waals surface area contributed by atoms with Crippen LogP contribution >= 0.6 is 31.0 Å². The van der Waals surface area contributed by atoms with Crippen molar-refractivity contribution in [2.24, 2.45) is 0 Å². The van der Waals surface area contributed by atoms with Crippen LogP contribution in [0.4, 0.5) is 0 Å². The third kappa shape index (κ3) is 4.02. The summed E-state index contributed by atoms with van der Waals surface area (Å²) in [5.41, 5.74) is 2.78. The van der Waals surface area contributed by atoms with E-state index in [4.69, 9.17) is 32.2 Å². The topological polar surface area (TPSA) is 58.6 Å². The highest BCUT2D eigenvalue weighted by atomic mass is 35.5. The van der Waals surface area contributed by atoms with Crippen molar-refractivity contribution in [1.82, 2.24) is 0 Å². The van der Waals surface area contributed by atoms with Gasteiger partial charge in [-0.2, -0.15) is 0 Å². The van der Waals surface area contributed by atoms with Gasteiger partial charge in [-0.25, -0.2) is 4.57 Å². The SMILES string of the molecule is Cc1c(Cl)ccc(OP(=O)([O-])Oc2ccc(Cl)c(C)c2C)c1C. The van der Waals surface area contributed by atoms with Gasteiger partial charge in [0, 0.05) is 10.0 Å². The van der Waals surface area contributed by atoms with Crippen LogP contribution in [0.2, 0.25) is 10.0 Å². The van der Waals surface area contributed by atoms with Crippen LogP contribution in [0, 0.1) is 27.7 Å².